The molecule has 0 unspecified atom stereocenters. The predicted molar refractivity (Wildman–Crippen MR) is 99.0 cm³/mol. The van der Waals surface area contributed by atoms with Crippen molar-refractivity contribution in [3.63, 3.8) is 0 Å². The van der Waals surface area contributed by atoms with Crippen molar-refractivity contribution in [2.45, 2.75) is 24.3 Å². The maximum Gasteiger partial charge on any atom is 0.240 e. The Morgan fingerprint density at radius 2 is 1.85 bits per heavy atom. The smallest absolute Gasteiger partial charge is 0.240 e. The number of carbonyl (C=O) groups is 1. The topological polar surface area (TPSA) is 88.4 Å². The van der Waals surface area contributed by atoms with Gasteiger partial charge in [-0.15, -0.1) is 0 Å². The van der Waals surface area contributed by atoms with Crippen LogP contribution in [0.1, 0.15) is 25.1 Å². The minimum Gasteiger partial charge on any atom is -0.467 e. The fourth-order valence-electron chi connectivity index (χ4n) is 2.64. The third-order valence-electron chi connectivity index (χ3n) is 4.02. The SMILES string of the molecule is C[C@H](NC(=O)CCNS(=O)(=O)c1ccc2ccccc2c1)c1ccco1. The number of rotatable bonds is 7. The monoisotopic (exact) mass is 372 g/mol. The van der Waals surface area contributed by atoms with Crippen LogP contribution in [0.25, 0.3) is 10.8 Å². The van der Waals surface area contributed by atoms with Crippen LogP contribution in [0.3, 0.4) is 0 Å². The molecule has 1 aromatic heterocycles. The van der Waals surface area contributed by atoms with Crippen LogP contribution in [0.15, 0.2) is 70.2 Å². The Morgan fingerprint density at radius 3 is 2.58 bits per heavy atom. The van der Waals surface area contributed by atoms with E-state index in [0.717, 1.165) is 10.8 Å². The van der Waals surface area contributed by atoms with E-state index in [1.54, 1.807) is 37.3 Å². The molecular formula is C19H20N2O4S. The Hall–Kier alpha value is -2.64. The largest absolute Gasteiger partial charge is 0.467 e. The lowest BCUT2D eigenvalue weighted by Crippen LogP contribution is -2.32. The maximum atomic E-state index is 12.4. The zero-order valence-corrected chi connectivity index (χ0v) is 15.1. The molecule has 26 heavy (non-hydrogen) atoms. The first-order valence-corrected chi connectivity index (χ1v) is 9.75. The summed E-state index contributed by atoms with van der Waals surface area (Å²) in [6.45, 7) is 1.82. The van der Waals surface area contributed by atoms with Crippen molar-refractivity contribution in [2.24, 2.45) is 0 Å². The van der Waals surface area contributed by atoms with Crippen LogP contribution >= 0.6 is 0 Å². The van der Waals surface area contributed by atoms with E-state index in [1.165, 1.54) is 6.26 Å². The number of fused-ring (bicyclic) bond motifs is 1. The molecule has 0 radical (unpaired) electrons. The standard InChI is InChI=1S/C19H20N2O4S/c1-14(18-7-4-12-25-18)21-19(22)10-11-20-26(23,24)17-9-8-15-5-2-3-6-16(15)13-17/h2-9,12-14,20H,10-11H2,1H3,(H,21,22)/t14-/m0/s1. The highest BCUT2D eigenvalue weighted by atomic mass is 32.2. The van der Waals surface area contributed by atoms with E-state index in [9.17, 15) is 13.2 Å². The van der Waals surface area contributed by atoms with Gasteiger partial charge in [-0.05, 0) is 42.0 Å². The number of sulfonamides is 1. The van der Waals surface area contributed by atoms with E-state index in [1.807, 2.05) is 24.3 Å². The van der Waals surface area contributed by atoms with Gasteiger partial charge in [-0.1, -0.05) is 30.3 Å². The normalized spacial score (nSPS) is 12.8. The van der Waals surface area contributed by atoms with Crippen molar-refractivity contribution in [2.75, 3.05) is 6.54 Å². The number of furan rings is 1. The molecule has 0 aliphatic rings. The Kier molecular flexibility index (Phi) is 5.39. The Morgan fingerprint density at radius 1 is 1.08 bits per heavy atom. The van der Waals surface area contributed by atoms with Gasteiger partial charge < -0.3 is 9.73 Å². The Labute approximate surface area is 152 Å². The molecule has 0 saturated heterocycles. The summed E-state index contributed by atoms with van der Waals surface area (Å²) in [5, 5.41) is 4.58. The van der Waals surface area contributed by atoms with Gasteiger partial charge in [-0.3, -0.25) is 4.79 Å². The van der Waals surface area contributed by atoms with Gasteiger partial charge in [0.1, 0.15) is 5.76 Å². The van der Waals surface area contributed by atoms with Crippen LogP contribution in [0, 0.1) is 0 Å². The summed E-state index contributed by atoms with van der Waals surface area (Å²) in [4.78, 5) is 12.1. The number of nitrogens with one attached hydrogen (secondary N) is 2. The minimum atomic E-state index is -3.67. The van der Waals surface area contributed by atoms with Crippen molar-refractivity contribution in [3.8, 4) is 0 Å². The van der Waals surface area contributed by atoms with Gasteiger partial charge in [0.05, 0.1) is 17.2 Å². The number of hydrogen-bond donors (Lipinski definition) is 2. The van der Waals surface area contributed by atoms with E-state index in [4.69, 9.17) is 4.42 Å². The molecular weight excluding hydrogens is 352 g/mol. The Bertz CT molecular complexity index is 997. The van der Waals surface area contributed by atoms with E-state index in [0.29, 0.717) is 5.76 Å². The van der Waals surface area contributed by atoms with Crippen LogP contribution in [-0.4, -0.2) is 20.9 Å². The van der Waals surface area contributed by atoms with E-state index in [-0.39, 0.29) is 29.8 Å². The summed E-state index contributed by atoms with van der Waals surface area (Å²) in [6.07, 6.45) is 1.58. The molecule has 0 aliphatic carbocycles. The lowest BCUT2D eigenvalue weighted by atomic mass is 10.1. The van der Waals surface area contributed by atoms with E-state index in [2.05, 4.69) is 10.0 Å². The highest BCUT2D eigenvalue weighted by Crippen LogP contribution is 2.18. The van der Waals surface area contributed by atoms with Gasteiger partial charge in [-0.25, -0.2) is 13.1 Å². The van der Waals surface area contributed by atoms with E-state index < -0.39 is 10.0 Å². The van der Waals surface area contributed by atoms with Crippen molar-refractivity contribution in [3.05, 3.63) is 66.6 Å². The summed E-state index contributed by atoms with van der Waals surface area (Å²) in [5.74, 6) is 0.394. The highest BCUT2D eigenvalue weighted by molar-refractivity contribution is 7.89. The Balaban J connectivity index is 1.56. The number of hydrogen-bond acceptors (Lipinski definition) is 4. The first-order valence-electron chi connectivity index (χ1n) is 8.27. The summed E-state index contributed by atoms with van der Waals surface area (Å²) in [6, 6.07) is 15.7. The van der Waals surface area contributed by atoms with Crippen LogP contribution in [0.2, 0.25) is 0 Å². The van der Waals surface area contributed by atoms with Crippen LogP contribution in [0.4, 0.5) is 0 Å². The first-order chi connectivity index (χ1) is 12.5. The molecule has 7 heteroatoms. The van der Waals surface area contributed by atoms with Gasteiger partial charge in [0.15, 0.2) is 0 Å². The average Bonchev–Trinajstić information content (AvgIpc) is 3.16. The summed E-state index contributed by atoms with van der Waals surface area (Å²) < 4.78 is 32.5. The quantitative estimate of drug-likeness (QED) is 0.667. The van der Waals surface area contributed by atoms with Crippen LogP contribution in [-0.2, 0) is 14.8 Å². The molecule has 0 aliphatic heterocycles. The molecule has 3 aromatic rings. The van der Waals surface area contributed by atoms with Gasteiger partial charge in [0.25, 0.3) is 0 Å². The minimum absolute atomic E-state index is 0.0197. The molecule has 0 spiro atoms. The highest BCUT2D eigenvalue weighted by Gasteiger charge is 2.16. The summed E-state index contributed by atoms with van der Waals surface area (Å²) in [5.41, 5.74) is 0. The second kappa shape index (κ2) is 7.72. The first kappa shape index (κ1) is 18.2. The lowest BCUT2D eigenvalue weighted by molar-refractivity contribution is -0.121. The molecule has 2 N–H and O–H groups in total. The van der Waals surface area contributed by atoms with Crippen molar-refractivity contribution in [1.82, 2.24) is 10.0 Å². The predicted octanol–water partition coefficient (Wildman–Crippen LogP) is 2.98. The summed E-state index contributed by atoms with van der Waals surface area (Å²) >= 11 is 0. The second-order valence-electron chi connectivity index (χ2n) is 5.96. The molecule has 0 fully saturated rings. The summed E-state index contributed by atoms with van der Waals surface area (Å²) in [7, 11) is -3.67. The number of benzene rings is 2. The molecule has 1 amide bonds. The molecule has 0 bridgehead atoms. The van der Waals surface area contributed by atoms with Crippen molar-refractivity contribution in [1.29, 1.82) is 0 Å². The molecule has 6 nitrogen and oxygen atoms in total. The molecule has 2 aromatic carbocycles. The number of amides is 1. The second-order valence-corrected chi connectivity index (χ2v) is 7.73. The average molecular weight is 372 g/mol. The van der Waals surface area contributed by atoms with Gasteiger partial charge in [0, 0.05) is 13.0 Å². The van der Waals surface area contributed by atoms with Crippen LogP contribution in [0.5, 0.6) is 0 Å². The molecule has 0 saturated carbocycles. The lowest BCUT2D eigenvalue weighted by Gasteiger charge is -2.12. The van der Waals surface area contributed by atoms with Crippen molar-refractivity contribution >= 4 is 26.7 Å². The maximum absolute atomic E-state index is 12.4. The third kappa shape index (κ3) is 4.30. The molecule has 1 heterocycles. The molecule has 136 valence electrons. The number of carbonyl (C=O) groups excluding carboxylic acids is 1. The van der Waals surface area contributed by atoms with E-state index >= 15 is 0 Å². The van der Waals surface area contributed by atoms with Crippen LogP contribution < -0.4 is 10.0 Å². The zero-order valence-electron chi connectivity index (χ0n) is 14.3. The van der Waals surface area contributed by atoms with Gasteiger partial charge in [0.2, 0.25) is 15.9 Å². The van der Waals surface area contributed by atoms with Gasteiger partial charge in [-0.2, -0.15) is 0 Å². The van der Waals surface area contributed by atoms with Crippen molar-refractivity contribution < 1.29 is 17.6 Å². The van der Waals surface area contributed by atoms with Gasteiger partial charge >= 0.3 is 0 Å². The fraction of sp³-hybridized carbons (Fsp3) is 0.211. The zero-order chi connectivity index (χ0) is 18.6. The molecule has 1 atom stereocenters. The molecule has 3 rings (SSSR count). The fourth-order valence-corrected chi connectivity index (χ4v) is 3.71. The third-order valence-corrected chi connectivity index (χ3v) is 5.48.